The maximum atomic E-state index is 13.7. The minimum Gasteiger partial charge on any atom is -0.486 e. The van der Waals surface area contributed by atoms with Gasteiger partial charge in [-0.1, -0.05) is 18.2 Å². The number of hydrogen-bond donors (Lipinski definition) is 1. The molecule has 0 aliphatic heterocycles. The molecule has 19 heavy (non-hydrogen) atoms. The molecule has 2 nitrogen and oxygen atoms in total. The number of ether oxygens (including phenoxy) is 1. The molecule has 0 radical (unpaired) electrons. The summed E-state index contributed by atoms with van der Waals surface area (Å²) in [4.78, 5) is 0. The first-order chi connectivity index (χ1) is 9.06. The molecule has 2 aromatic carbocycles. The minimum atomic E-state index is -0.722. The van der Waals surface area contributed by atoms with Gasteiger partial charge in [-0.05, 0) is 42.3 Å². The van der Waals surface area contributed by atoms with E-state index in [2.05, 4.69) is 0 Å². The Morgan fingerprint density at radius 1 is 1.11 bits per heavy atom. The number of rotatable bonds is 4. The van der Waals surface area contributed by atoms with Crippen molar-refractivity contribution in [2.75, 3.05) is 0 Å². The van der Waals surface area contributed by atoms with Gasteiger partial charge in [0.1, 0.15) is 12.4 Å². The van der Waals surface area contributed by atoms with Crippen LogP contribution in [0.1, 0.15) is 24.2 Å². The molecule has 0 heterocycles. The monoisotopic (exact) mass is 264 g/mol. The summed E-state index contributed by atoms with van der Waals surface area (Å²) in [6.45, 7) is 1.72. The van der Waals surface area contributed by atoms with Crippen LogP contribution in [0.2, 0.25) is 0 Å². The van der Waals surface area contributed by atoms with E-state index < -0.39 is 11.9 Å². The van der Waals surface area contributed by atoms with Crippen molar-refractivity contribution in [1.82, 2.24) is 0 Å². The van der Waals surface area contributed by atoms with Gasteiger partial charge in [0.2, 0.25) is 0 Å². The van der Waals surface area contributed by atoms with Gasteiger partial charge in [0.25, 0.3) is 0 Å². The van der Waals surface area contributed by atoms with Crippen LogP contribution in [0.5, 0.6) is 5.75 Å². The Bertz CT molecular complexity index is 551. The highest BCUT2D eigenvalue weighted by molar-refractivity contribution is 5.30. The highest BCUT2D eigenvalue weighted by atomic mass is 19.1. The van der Waals surface area contributed by atoms with Gasteiger partial charge in [0.15, 0.2) is 11.6 Å². The topological polar surface area (TPSA) is 29.5 Å². The molecule has 0 fully saturated rings. The van der Waals surface area contributed by atoms with Gasteiger partial charge in [-0.15, -0.1) is 0 Å². The van der Waals surface area contributed by atoms with Crippen molar-refractivity contribution in [3.05, 3.63) is 65.2 Å². The van der Waals surface area contributed by atoms with Crippen molar-refractivity contribution in [3.63, 3.8) is 0 Å². The smallest absolute Gasteiger partial charge is 0.165 e. The van der Waals surface area contributed by atoms with Gasteiger partial charge >= 0.3 is 0 Å². The zero-order valence-electron chi connectivity index (χ0n) is 10.4. The Labute approximate surface area is 110 Å². The van der Waals surface area contributed by atoms with Gasteiger partial charge in [-0.2, -0.15) is 0 Å². The van der Waals surface area contributed by atoms with Crippen molar-refractivity contribution in [2.24, 2.45) is 0 Å². The number of hydrogen-bond acceptors (Lipinski definition) is 2. The molecule has 2 rings (SSSR count). The molecular formula is C15H14F2O2. The van der Waals surface area contributed by atoms with Crippen molar-refractivity contribution in [1.29, 1.82) is 0 Å². The summed E-state index contributed by atoms with van der Waals surface area (Å²) in [6, 6.07) is 10.1. The molecule has 0 amide bonds. The highest BCUT2D eigenvalue weighted by Gasteiger charge is 2.08. The number of halogens is 2. The normalized spacial score (nSPS) is 12.2. The second kappa shape index (κ2) is 5.80. The SMILES string of the molecule is C[C@H](O)c1ccc(OCc2ccc(F)cc2)c(F)c1. The molecule has 2 aromatic rings. The van der Waals surface area contributed by atoms with E-state index in [-0.39, 0.29) is 18.2 Å². The van der Waals surface area contributed by atoms with Crippen molar-refractivity contribution in [2.45, 2.75) is 19.6 Å². The Balaban J connectivity index is 2.05. The average Bonchev–Trinajstić information content (AvgIpc) is 2.39. The summed E-state index contributed by atoms with van der Waals surface area (Å²) in [5.74, 6) is -0.745. The predicted molar refractivity (Wildman–Crippen MR) is 67.8 cm³/mol. The van der Waals surface area contributed by atoms with Gasteiger partial charge < -0.3 is 9.84 Å². The van der Waals surface area contributed by atoms with E-state index in [1.165, 1.54) is 24.3 Å². The fraction of sp³-hybridized carbons (Fsp3) is 0.200. The summed E-state index contributed by atoms with van der Waals surface area (Å²) in [5, 5.41) is 9.33. The molecule has 1 N–H and O–H groups in total. The Hall–Kier alpha value is -1.94. The lowest BCUT2D eigenvalue weighted by Crippen LogP contribution is -1.99. The fourth-order valence-electron chi connectivity index (χ4n) is 1.64. The van der Waals surface area contributed by atoms with Gasteiger partial charge in [0, 0.05) is 0 Å². The molecule has 0 aromatic heterocycles. The first-order valence-electron chi connectivity index (χ1n) is 5.91. The molecule has 100 valence electrons. The van der Waals surface area contributed by atoms with Crippen LogP contribution >= 0.6 is 0 Å². The van der Waals surface area contributed by atoms with Crippen LogP contribution in [-0.2, 0) is 6.61 Å². The molecule has 1 atom stereocenters. The van der Waals surface area contributed by atoms with E-state index in [4.69, 9.17) is 4.74 Å². The van der Waals surface area contributed by atoms with Gasteiger partial charge in [0.05, 0.1) is 6.10 Å². The Kier molecular flexibility index (Phi) is 4.12. The van der Waals surface area contributed by atoms with E-state index in [1.807, 2.05) is 0 Å². The number of aliphatic hydroxyl groups is 1. The van der Waals surface area contributed by atoms with Crippen LogP contribution in [0, 0.1) is 11.6 Å². The maximum absolute atomic E-state index is 13.7. The third-order valence-corrected chi connectivity index (χ3v) is 2.75. The van der Waals surface area contributed by atoms with Crippen LogP contribution in [0.4, 0.5) is 8.78 Å². The molecule has 0 saturated carbocycles. The molecule has 0 saturated heterocycles. The number of aliphatic hydroxyl groups excluding tert-OH is 1. The van der Waals surface area contributed by atoms with E-state index in [0.29, 0.717) is 5.56 Å². The minimum absolute atomic E-state index is 0.105. The van der Waals surface area contributed by atoms with Gasteiger partial charge in [-0.25, -0.2) is 8.78 Å². The molecular weight excluding hydrogens is 250 g/mol. The largest absolute Gasteiger partial charge is 0.486 e. The first-order valence-corrected chi connectivity index (χ1v) is 5.91. The Morgan fingerprint density at radius 3 is 2.37 bits per heavy atom. The van der Waals surface area contributed by atoms with Crippen LogP contribution < -0.4 is 4.74 Å². The third kappa shape index (κ3) is 3.51. The van der Waals surface area contributed by atoms with E-state index >= 15 is 0 Å². The lowest BCUT2D eigenvalue weighted by atomic mass is 10.1. The summed E-state index contributed by atoms with van der Waals surface area (Å²) >= 11 is 0. The van der Waals surface area contributed by atoms with Crippen LogP contribution in [0.3, 0.4) is 0 Å². The van der Waals surface area contributed by atoms with Crippen molar-refractivity contribution >= 4 is 0 Å². The summed E-state index contributed by atoms with van der Waals surface area (Å²) in [5.41, 5.74) is 1.24. The molecule has 0 aliphatic rings. The third-order valence-electron chi connectivity index (χ3n) is 2.75. The van der Waals surface area contributed by atoms with Crippen LogP contribution in [-0.4, -0.2) is 5.11 Å². The Morgan fingerprint density at radius 2 is 1.79 bits per heavy atom. The average molecular weight is 264 g/mol. The van der Waals surface area contributed by atoms with Crippen LogP contribution in [0.15, 0.2) is 42.5 Å². The first kappa shape index (κ1) is 13.5. The zero-order chi connectivity index (χ0) is 13.8. The van der Waals surface area contributed by atoms with Crippen molar-refractivity contribution in [3.8, 4) is 5.75 Å². The van der Waals surface area contributed by atoms with Gasteiger partial charge in [-0.3, -0.25) is 0 Å². The van der Waals surface area contributed by atoms with E-state index in [1.54, 1.807) is 25.1 Å². The maximum Gasteiger partial charge on any atom is 0.165 e. The lowest BCUT2D eigenvalue weighted by molar-refractivity contribution is 0.198. The second-order valence-corrected chi connectivity index (χ2v) is 4.28. The second-order valence-electron chi connectivity index (χ2n) is 4.28. The number of benzene rings is 2. The predicted octanol–water partition coefficient (Wildman–Crippen LogP) is 3.60. The quantitative estimate of drug-likeness (QED) is 0.914. The van der Waals surface area contributed by atoms with E-state index in [0.717, 1.165) is 5.56 Å². The molecule has 0 unspecified atom stereocenters. The molecule has 0 spiro atoms. The fourth-order valence-corrected chi connectivity index (χ4v) is 1.64. The van der Waals surface area contributed by atoms with E-state index in [9.17, 15) is 13.9 Å². The summed E-state index contributed by atoms with van der Waals surface area (Å²) in [6.07, 6.45) is -0.722. The van der Waals surface area contributed by atoms with Crippen LogP contribution in [0.25, 0.3) is 0 Å². The molecule has 0 aliphatic carbocycles. The highest BCUT2D eigenvalue weighted by Crippen LogP contribution is 2.22. The summed E-state index contributed by atoms with van der Waals surface area (Å²) < 4.78 is 31.7. The molecule has 0 bridgehead atoms. The van der Waals surface area contributed by atoms with Crippen molar-refractivity contribution < 1.29 is 18.6 Å². The molecule has 4 heteroatoms. The lowest BCUT2D eigenvalue weighted by Gasteiger charge is -2.10. The zero-order valence-corrected chi connectivity index (χ0v) is 10.4. The standard InChI is InChI=1S/C15H14F2O2/c1-10(18)12-4-7-15(14(17)8-12)19-9-11-2-5-13(16)6-3-11/h2-8,10,18H,9H2,1H3/t10-/m0/s1. The summed E-state index contributed by atoms with van der Waals surface area (Å²) in [7, 11) is 0.